The van der Waals surface area contributed by atoms with Crippen molar-refractivity contribution in [3.05, 3.63) is 72.4 Å². The van der Waals surface area contributed by atoms with Crippen molar-refractivity contribution in [1.82, 2.24) is 4.98 Å². The molecule has 0 atom stereocenters. The topological polar surface area (TPSA) is 80.3 Å². The first-order valence-electron chi connectivity index (χ1n) is 8.91. The Morgan fingerprint density at radius 1 is 0.893 bits per heavy atom. The van der Waals surface area contributed by atoms with Crippen molar-refractivity contribution in [3.8, 4) is 5.75 Å². The Morgan fingerprint density at radius 2 is 1.54 bits per heavy atom. The van der Waals surface area contributed by atoms with E-state index in [2.05, 4.69) is 15.0 Å². The molecular weight excluding hydrogens is 374 g/mol. The van der Waals surface area contributed by atoms with Gasteiger partial charge in [0.2, 0.25) is 0 Å². The first kappa shape index (κ1) is 19.7. The summed E-state index contributed by atoms with van der Waals surface area (Å²) in [6, 6.07) is 17.6. The molecule has 2 N–H and O–H groups in total. The van der Waals surface area contributed by atoms with E-state index in [1.54, 1.807) is 42.6 Å². The van der Waals surface area contributed by atoms with Crippen LogP contribution in [0.15, 0.2) is 71.8 Å². The number of aromatic nitrogens is 1. The lowest BCUT2D eigenvalue weighted by molar-refractivity contribution is 0.242. The molecule has 1 aromatic heterocycles. The Kier molecular flexibility index (Phi) is 5.84. The van der Waals surface area contributed by atoms with Crippen LogP contribution in [0.1, 0.15) is 19.4 Å². The molecule has 0 bridgehead atoms. The Morgan fingerprint density at radius 3 is 2.11 bits per heavy atom. The highest BCUT2D eigenvalue weighted by atomic mass is 32.2. The summed E-state index contributed by atoms with van der Waals surface area (Å²) in [6.45, 7) is 5.86. The number of anilines is 3. The van der Waals surface area contributed by atoms with E-state index in [1.165, 1.54) is 0 Å². The van der Waals surface area contributed by atoms with Crippen LogP contribution in [0.2, 0.25) is 0 Å². The molecule has 1 heterocycles. The van der Waals surface area contributed by atoms with Crippen molar-refractivity contribution in [2.24, 2.45) is 0 Å². The standard InChI is InChI=1S/C21H23N3O3S/c1-15(2)27-19-9-6-17(7-10-19)23-18-8-13-21(22-14-18)24-28(25,26)20-11-4-16(3)5-12-20/h4-15,23H,1-3H3,(H,22,24). The molecule has 0 fully saturated rings. The number of benzene rings is 2. The minimum Gasteiger partial charge on any atom is -0.491 e. The number of hydrogen-bond donors (Lipinski definition) is 2. The predicted octanol–water partition coefficient (Wildman–Crippen LogP) is 4.72. The van der Waals surface area contributed by atoms with Crippen molar-refractivity contribution >= 4 is 27.2 Å². The second kappa shape index (κ2) is 8.31. The normalized spacial score (nSPS) is 11.3. The van der Waals surface area contributed by atoms with Gasteiger partial charge in [-0.3, -0.25) is 4.72 Å². The SMILES string of the molecule is Cc1ccc(S(=O)(=O)Nc2ccc(Nc3ccc(OC(C)C)cc3)cn2)cc1. The monoisotopic (exact) mass is 397 g/mol. The molecule has 0 aliphatic heterocycles. The second-order valence-corrected chi connectivity index (χ2v) is 8.35. The quantitative estimate of drug-likeness (QED) is 0.603. The summed E-state index contributed by atoms with van der Waals surface area (Å²) in [7, 11) is -3.66. The van der Waals surface area contributed by atoms with Crippen LogP contribution in [0.3, 0.4) is 0 Å². The molecular formula is C21H23N3O3S. The van der Waals surface area contributed by atoms with E-state index in [4.69, 9.17) is 4.74 Å². The fourth-order valence-electron chi connectivity index (χ4n) is 2.50. The van der Waals surface area contributed by atoms with E-state index >= 15 is 0 Å². The number of ether oxygens (including phenoxy) is 1. The number of aryl methyl sites for hydroxylation is 1. The summed E-state index contributed by atoms with van der Waals surface area (Å²) >= 11 is 0. The molecule has 3 aromatic rings. The Labute approximate surface area is 165 Å². The first-order valence-corrected chi connectivity index (χ1v) is 10.4. The molecule has 0 radical (unpaired) electrons. The lowest BCUT2D eigenvalue weighted by Gasteiger charge is -2.11. The molecule has 146 valence electrons. The highest BCUT2D eigenvalue weighted by molar-refractivity contribution is 7.92. The van der Waals surface area contributed by atoms with Crippen molar-refractivity contribution in [1.29, 1.82) is 0 Å². The highest BCUT2D eigenvalue weighted by Gasteiger charge is 2.14. The molecule has 0 spiro atoms. The smallest absolute Gasteiger partial charge is 0.263 e. The highest BCUT2D eigenvalue weighted by Crippen LogP contribution is 2.22. The zero-order valence-electron chi connectivity index (χ0n) is 16.0. The van der Waals surface area contributed by atoms with Gasteiger partial charge < -0.3 is 10.1 Å². The van der Waals surface area contributed by atoms with Crippen LogP contribution >= 0.6 is 0 Å². The van der Waals surface area contributed by atoms with Gasteiger partial charge in [-0.15, -0.1) is 0 Å². The van der Waals surface area contributed by atoms with E-state index < -0.39 is 10.0 Å². The van der Waals surface area contributed by atoms with E-state index in [9.17, 15) is 8.42 Å². The molecule has 0 unspecified atom stereocenters. The second-order valence-electron chi connectivity index (χ2n) is 6.67. The number of nitrogens with one attached hydrogen (secondary N) is 2. The van der Waals surface area contributed by atoms with Gasteiger partial charge in [0, 0.05) is 5.69 Å². The van der Waals surface area contributed by atoms with Gasteiger partial charge in [0.1, 0.15) is 11.6 Å². The molecule has 7 heteroatoms. The molecule has 0 saturated carbocycles. The summed E-state index contributed by atoms with van der Waals surface area (Å²) in [5.41, 5.74) is 2.62. The average Bonchev–Trinajstić information content (AvgIpc) is 2.65. The van der Waals surface area contributed by atoms with Gasteiger partial charge >= 0.3 is 0 Å². The van der Waals surface area contributed by atoms with Gasteiger partial charge in [0.05, 0.1) is 22.9 Å². The third-order valence-electron chi connectivity index (χ3n) is 3.85. The lowest BCUT2D eigenvalue weighted by Crippen LogP contribution is -2.13. The number of rotatable bonds is 7. The summed E-state index contributed by atoms with van der Waals surface area (Å²) in [5, 5.41) is 3.22. The maximum Gasteiger partial charge on any atom is 0.263 e. The van der Waals surface area contributed by atoms with Crippen LogP contribution in [0.5, 0.6) is 5.75 Å². The summed E-state index contributed by atoms with van der Waals surface area (Å²) in [4.78, 5) is 4.38. The molecule has 28 heavy (non-hydrogen) atoms. The van der Waals surface area contributed by atoms with Gasteiger partial charge in [-0.25, -0.2) is 13.4 Å². The lowest BCUT2D eigenvalue weighted by atomic mass is 10.2. The van der Waals surface area contributed by atoms with Gasteiger partial charge in [-0.1, -0.05) is 17.7 Å². The third kappa shape index (κ3) is 5.23. The molecule has 2 aromatic carbocycles. The van der Waals surface area contributed by atoms with Crippen molar-refractivity contribution < 1.29 is 13.2 Å². The van der Waals surface area contributed by atoms with Crippen molar-refractivity contribution in [3.63, 3.8) is 0 Å². The first-order chi connectivity index (χ1) is 13.3. The van der Waals surface area contributed by atoms with Crippen molar-refractivity contribution in [2.45, 2.75) is 31.8 Å². The number of sulfonamides is 1. The maximum atomic E-state index is 12.4. The zero-order valence-corrected chi connectivity index (χ0v) is 16.8. The van der Waals surface area contributed by atoms with E-state index in [1.807, 2.05) is 45.0 Å². The van der Waals surface area contributed by atoms with Crippen LogP contribution in [-0.2, 0) is 10.0 Å². The van der Waals surface area contributed by atoms with E-state index in [0.29, 0.717) is 0 Å². The fourth-order valence-corrected chi connectivity index (χ4v) is 3.51. The maximum absolute atomic E-state index is 12.4. The molecule has 6 nitrogen and oxygen atoms in total. The molecule has 3 rings (SSSR count). The minimum atomic E-state index is -3.66. The van der Waals surface area contributed by atoms with Crippen LogP contribution in [0, 0.1) is 6.92 Å². The number of pyridine rings is 1. The van der Waals surface area contributed by atoms with E-state index in [-0.39, 0.29) is 16.8 Å². The molecule has 0 aliphatic carbocycles. The van der Waals surface area contributed by atoms with E-state index in [0.717, 1.165) is 22.7 Å². The van der Waals surface area contributed by atoms with Gasteiger partial charge in [-0.05, 0) is 69.3 Å². The summed E-state index contributed by atoms with van der Waals surface area (Å²) in [6.07, 6.45) is 1.70. The van der Waals surface area contributed by atoms with Crippen LogP contribution < -0.4 is 14.8 Å². The Hall–Kier alpha value is -3.06. The Balaban J connectivity index is 1.65. The minimum absolute atomic E-state index is 0.124. The molecule has 0 saturated heterocycles. The Bertz CT molecular complexity index is 1010. The summed E-state index contributed by atoms with van der Waals surface area (Å²) in [5.74, 6) is 1.06. The number of hydrogen-bond acceptors (Lipinski definition) is 5. The van der Waals surface area contributed by atoms with Gasteiger partial charge in [0.25, 0.3) is 10.0 Å². The molecule has 0 amide bonds. The van der Waals surface area contributed by atoms with Gasteiger partial charge in [0.15, 0.2) is 0 Å². The zero-order chi connectivity index (χ0) is 20.1. The fraction of sp³-hybridized carbons (Fsp3) is 0.190. The third-order valence-corrected chi connectivity index (χ3v) is 5.22. The summed E-state index contributed by atoms with van der Waals surface area (Å²) < 4.78 is 32.9. The largest absolute Gasteiger partial charge is 0.491 e. The average molecular weight is 398 g/mol. The van der Waals surface area contributed by atoms with Crippen molar-refractivity contribution in [2.75, 3.05) is 10.0 Å². The van der Waals surface area contributed by atoms with Gasteiger partial charge in [-0.2, -0.15) is 0 Å². The molecule has 0 aliphatic rings. The van der Waals surface area contributed by atoms with Crippen LogP contribution in [0.25, 0.3) is 0 Å². The predicted molar refractivity (Wildman–Crippen MR) is 112 cm³/mol. The van der Waals surface area contributed by atoms with Crippen LogP contribution in [0.4, 0.5) is 17.2 Å². The van der Waals surface area contributed by atoms with Crippen LogP contribution in [-0.4, -0.2) is 19.5 Å². The number of nitrogens with zero attached hydrogens (tertiary/aromatic N) is 1.